The highest BCUT2D eigenvalue weighted by Crippen LogP contribution is 2.40. The van der Waals surface area contributed by atoms with Gasteiger partial charge < -0.3 is 18.6 Å². The van der Waals surface area contributed by atoms with Crippen LogP contribution in [0.3, 0.4) is 0 Å². The van der Waals surface area contributed by atoms with Crippen LogP contribution in [0, 0.1) is 0 Å². The summed E-state index contributed by atoms with van der Waals surface area (Å²) in [5.41, 5.74) is 0.675. The number of para-hydroxylation sites is 1. The number of fused-ring (bicyclic) bond motifs is 1. The summed E-state index contributed by atoms with van der Waals surface area (Å²) < 4.78 is 21.2. The van der Waals surface area contributed by atoms with Gasteiger partial charge in [-0.3, -0.25) is 0 Å². The van der Waals surface area contributed by atoms with Gasteiger partial charge in [0.1, 0.15) is 0 Å². The first-order valence-corrected chi connectivity index (χ1v) is 6.88. The van der Waals surface area contributed by atoms with Crippen molar-refractivity contribution in [1.29, 1.82) is 0 Å². The van der Waals surface area contributed by atoms with Crippen molar-refractivity contribution in [3.8, 4) is 28.7 Å². The second-order valence-corrected chi connectivity index (χ2v) is 4.74. The van der Waals surface area contributed by atoms with Gasteiger partial charge in [0, 0.05) is 5.56 Å². The lowest BCUT2D eigenvalue weighted by Crippen LogP contribution is -2.03. The number of hydrogen-bond acceptors (Lipinski definition) is 6. The Morgan fingerprint density at radius 3 is 2.22 bits per heavy atom. The first-order chi connectivity index (χ1) is 11.2. The molecule has 0 unspecified atom stereocenters. The molecule has 3 rings (SSSR count). The fourth-order valence-corrected chi connectivity index (χ4v) is 2.35. The molecule has 6 heteroatoms. The lowest BCUT2D eigenvalue weighted by atomic mass is 10.1. The number of hydrogen-bond donors (Lipinski definition) is 0. The summed E-state index contributed by atoms with van der Waals surface area (Å²) in [6, 6.07) is 10.4. The van der Waals surface area contributed by atoms with Crippen molar-refractivity contribution in [2.75, 3.05) is 21.3 Å². The topological polar surface area (TPSA) is 70.8 Å². The summed E-state index contributed by atoms with van der Waals surface area (Å²) in [6.45, 7) is 0. The second-order valence-electron chi connectivity index (χ2n) is 4.74. The molecule has 3 aromatic rings. The van der Waals surface area contributed by atoms with E-state index in [9.17, 15) is 4.79 Å². The van der Waals surface area contributed by atoms with Crippen LogP contribution in [0.15, 0.2) is 45.6 Å². The van der Waals surface area contributed by atoms with Crippen LogP contribution >= 0.6 is 0 Å². The van der Waals surface area contributed by atoms with Gasteiger partial charge in [0.2, 0.25) is 11.6 Å². The maximum absolute atomic E-state index is 12.1. The van der Waals surface area contributed by atoms with E-state index in [1.54, 1.807) is 30.3 Å². The van der Waals surface area contributed by atoms with E-state index in [0.717, 1.165) is 0 Å². The molecular formula is C17H15NO5. The van der Waals surface area contributed by atoms with Gasteiger partial charge in [-0.15, -0.1) is 0 Å². The highest BCUT2D eigenvalue weighted by atomic mass is 16.5. The van der Waals surface area contributed by atoms with Gasteiger partial charge in [-0.25, -0.2) is 9.78 Å². The predicted octanol–water partition coefficient (Wildman–Crippen LogP) is 2.88. The summed E-state index contributed by atoms with van der Waals surface area (Å²) >= 11 is 0. The SMILES string of the molecule is COc1cc(-c2nc3ccccc3c(=O)o2)cc(OC)c1OC. The average molecular weight is 313 g/mol. The monoisotopic (exact) mass is 313 g/mol. The van der Waals surface area contributed by atoms with Crippen LogP contribution in [0.1, 0.15) is 0 Å². The van der Waals surface area contributed by atoms with Gasteiger partial charge in [0.05, 0.1) is 32.2 Å². The zero-order valence-corrected chi connectivity index (χ0v) is 13.0. The number of nitrogens with zero attached hydrogens (tertiary/aromatic N) is 1. The smallest absolute Gasteiger partial charge is 0.347 e. The van der Waals surface area contributed by atoms with Crippen molar-refractivity contribution in [2.24, 2.45) is 0 Å². The Kier molecular flexibility index (Phi) is 3.89. The highest BCUT2D eigenvalue weighted by Gasteiger charge is 2.17. The van der Waals surface area contributed by atoms with E-state index in [1.807, 2.05) is 6.07 Å². The number of methoxy groups -OCH3 is 3. The van der Waals surface area contributed by atoms with Crippen LogP contribution in [0.2, 0.25) is 0 Å². The molecule has 6 nitrogen and oxygen atoms in total. The zero-order valence-electron chi connectivity index (χ0n) is 13.0. The molecule has 0 radical (unpaired) electrons. The minimum absolute atomic E-state index is 0.188. The summed E-state index contributed by atoms with van der Waals surface area (Å²) in [6.07, 6.45) is 0. The van der Waals surface area contributed by atoms with E-state index in [4.69, 9.17) is 18.6 Å². The van der Waals surface area contributed by atoms with Crippen LogP contribution in [0.25, 0.3) is 22.4 Å². The van der Waals surface area contributed by atoms with Crippen molar-refractivity contribution in [2.45, 2.75) is 0 Å². The van der Waals surface area contributed by atoms with Crippen LogP contribution in [-0.4, -0.2) is 26.3 Å². The molecule has 0 saturated heterocycles. The largest absolute Gasteiger partial charge is 0.493 e. The molecule has 118 valence electrons. The Balaban J connectivity index is 2.24. The summed E-state index contributed by atoms with van der Waals surface area (Å²) in [4.78, 5) is 16.5. The summed E-state index contributed by atoms with van der Waals surface area (Å²) in [7, 11) is 4.56. The van der Waals surface area contributed by atoms with Crippen molar-refractivity contribution < 1.29 is 18.6 Å². The molecule has 1 aromatic heterocycles. The number of ether oxygens (including phenoxy) is 3. The Hall–Kier alpha value is -3.02. The van der Waals surface area contributed by atoms with Gasteiger partial charge in [-0.2, -0.15) is 0 Å². The minimum atomic E-state index is -0.445. The molecule has 0 bridgehead atoms. The molecule has 0 spiro atoms. The summed E-state index contributed by atoms with van der Waals surface area (Å²) in [5.74, 6) is 1.56. The van der Waals surface area contributed by atoms with Gasteiger partial charge in [0.25, 0.3) is 0 Å². The number of aromatic nitrogens is 1. The van der Waals surface area contributed by atoms with Gasteiger partial charge in [0.15, 0.2) is 11.5 Å². The third-order valence-electron chi connectivity index (χ3n) is 3.45. The second kappa shape index (κ2) is 6.00. The van der Waals surface area contributed by atoms with Gasteiger partial charge in [-0.1, -0.05) is 12.1 Å². The zero-order chi connectivity index (χ0) is 16.4. The van der Waals surface area contributed by atoms with Crippen LogP contribution in [-0.2, 0) is 0 Å². The fourth-order valence-electron chi connectivity index (χ4n) is 2.35. The summed E-state index contributed by atoms with van der Waals surface area (Å²) in [5, 5.41) is 0.434. The standard InChI is InChI=1S/C17H15NO5/c1-20-13-8-10(9-14(21-2)15(13)22-3)16-18-12-7-5-4-6-11(12)17(19)23-16/h4-9H,1-3H3. The van der Waals surface area contributed by atoms with Gasteiger partial charge in [-0.05, 0) is 24.3 Å². The highest BCUT2D eigenvalue weighted by molar-refractivity contribution is 5.79. The van der Waals surface area contributed by atoms with E-state index >= 15 is 0 Å². The van der Waals surface area contributed by atoms with E-state index in [1.165, 1.54) is 21.3 Å². The Morgan fingerprint density at radius 2 is 1.61 bits per heavy atom. The predicted molar refractivity (Wildman–Crippen MR) is 85.4 cm³/mol. The first kappa shape index (κ1) is 14.9. The van der Waals surface area contributed by atoms with Crippen molar-refractivity contribution >= 4 is 10.9 Å². The molecule has 0 aliphatic heterocycles. The molecular weight excluding hydrogens is 298 g/mol. The molecule has 0 N–H and O–H groups in total. The molecule has 0 atom stereocenters. The molecule has 0 fully saturated rings. The molecule has 0 aliphatic rings. The number of benzene rings is 2. The van der Waals surface area contributed by atoms with E-state index < -0.39 is 5.63 Å². The van der Waals surface area contributed by atoms with Crippen molar-refractivity contribution in [1.82, 2.24) is 4.98 Å². The minimum Gasteiger partial charge on any atom is -0.493 e. The van der Waals surface area contributed by atoms with Crippen molar-refractivity contribution in [3.05, 3.63) is 46.8 Å². The maximum Gasteiger partial charge on any atom is 0.347 e. The average Bonchev–Trinajstić information content (AvgIpc) is 2.60. The molecule has 0 amide bonds. The number of rotatable bonds is 4. The molecule has 2 aromatic carbocycles. The van der Waals surface area contributed by atoms with E-state index in [0.29, 0.717) is 33.7 Å². The fraction of sp³-hybridized carbons (Fsp3) is 0.176. The lowest BCUT2D eigenvalue weighted by molar-refractivity contribution is 0.324. The van der Waals surface area contributed by atoms with Crippen LogP contribution in [0.4, 0.5) is 0 Å². The molecule has 23 heavy (non-hydrogen) atoms. The Morgan fingerprint density at radius 1 is 0.957 bits per heavy atom. The Labute approximate surface area is 132 Å². The lowest BCUT2D eigenvalue weighted by Gasteiger charge is -2.13. The van der Waals surface area contributed by atoms with Crippen LogP contribution < -0.4 is 19.8 Å². The first-order valence-electron chi connectivity index (χ1n) is 6.88. The maximum atomic E-state index is 12.1. The van der Waals surface area contributed by atoms with E-state index in [-0.39, 0.29) is 5.89 Å². The Bertz CT molecular complexity index is 891. The third-order valence-corrected chi connectivity index (χ3v) is 3.45. The normalized spacial score (nSPS) is 10.6. The van der Waals surface area contributed by atoms with Crippen molar-refractivity contribution in [3.63, 3.8) is 0 Å². The van der Waals surface area contributed by atoms with Gasteiger partial charge >= 0.3 is 5.63 Å². The van der Waals surface area contributed by atoms with Crippen LogP contribution in [0.5, 0.6) is 17.2 Å². The molecule has 1 heterocycles. The quantitative estimate of drug-likeness (QED) is 0.737. The molecule has 0 saturated carbocycles. The third kappa shape index (κ3) is 2.59. The van der Waals surface area contributed by atoms with E-state index in [2.05, 4.69) is 4.98 Å². The molecule has 0 aliphatic carbocycles.